The number of hydrogen-bond acceptors (Lipinski definition) is 5. The molecule has 206 valence electrons. The molecule has 0 aliphatic carbocycles. The van der Waals surface area contributed by atoms with Crippen molar-refractivity contribution in [3.63, 3.8) is 0 Å². The molecule has 1 amide bonds. The minimum Gasteiger partial charge on any atom is -0.507 e. The lowest BCUT2D eigenvalue weighted by molar-refractivity contribution is 0.0962. The van der Waals surface area contributed by atoms with E-state index >= 15 is 0 Å². The van der Waals surface area contributed by atoms with Gasteiger partial charge in [0, 0.05) is 35.0 Å². The number of carbonyl (C=O) groups is 2. The van der Waals surface area contributed by atoms with Crippen molar-refractivity contribution >= 4 is 34.7 Å². The van der Waals surface area contributed by atoms with Gasteiger partial charge in [-0.2, -0.15) is 0 Å². The van der Waals surface area contributed by atoms with Gasteiger partial charge in [-0.3, -0.25) is 10.2 Å². The van der Waals surface area contributed by atoms with Crippen molar-refractivity contribution in [2.45, 2.75) is 58.5 Å². The van der Waals surface area contributed by atoms with Crippen molar-refractivity contribution in [1.82, 2.24) is 15.2 Å². The number of carboxylic acid groups (broad SMARTS) is 1. The highest BCUT2D eigenvalue weighted by Crippen LogP contribution is 2.36. The van der Waals surface area contributed by atoms with Crippen molar-refractivity contribution in [2.24, 2.45) is 0 Å². The molecule has 0 saturated carbocycles. The number of nitrogens with zero attached hydrogens (tertiary/aromatic N) is 2. The molecule has 1 unspecified atom stereocenters. The summed E-state index contributed by atoms with van der Waals surface area (Å²) in [6, 6.07) is 16.2. The summed E-state index contributed by atoms with van der Waals surface area (Å²) >= 11 is 0. The smallest absolute Gasteiger partial charge is 0.404 e. The maximum Gasteiger partial charge on any atom is 0.404 e. The molecule has 0 spiro atoms. The van der Waals surface area contributed by atoms with Crippen LogP contribution < -0.4 is 5.32 Å². The Balaban J connectivity index is 0.00000420. The molecule has 2 heterocycles. The van der Waals surface area contributed by atoms with Crippen LogP contribution in [0.4, 0.5) is 4.79 Å². The number of phenolic OH excluding ortho intramolecular Hbond substituents is 1. The molecular formula is C30H35BrN4O4. The van der Waals surface area contributed by atoms with Crippen molar-refractivity contribution in [3.8, 4) is 5.75 Å². The summed E-state index contributed by atoms with van der Waals surface area (Å²) in [5.74, 6) is 0.109. The highest BCUT2D eigenvalue weighted by Gasteiger charge is 2.29. The van der Waals surface area contributed by atoms with E-state index in [2.05, 4.69) is 10.3 Å². The van der Waals surface area contributed by atoms with E-state index in [1.807, 2.05) is 70.2 Å². The molecule has 4 N–H and O–H groups in total. The SMILES string of the molecule is Br.Cc1ccc2c(n1)C(=N)N(CC(=O)c1cc(CC(Cc3ccccc3)NC(=O)O)c(O)c(C(C)(C)C)c1)C2. The highest BCUT2D eigenvalue weighted by molar-refractivity contribution is 8.93. The van der Waals surface area contributed by atoms with Gasteiger partial charge >= 0.3 is 6.09 Å². The molecule has 8 nitrogen and oxygen atoms in total. The van der Waals surface area contributed by atoms with Crippen molar-refractivity contribution in [3.05, 3.63) is 93.8 Å². The second kappa shape index (κ2) is 12.0. The first-order valence-electron chi connectivity index (χ1n) is 12.7. The quantitative estimate of drug-likeness (QED) is 0.258. The zero-order chi connectivity index (χ0) is 27.6. The fourth-order valence-electron chi connectivity index (χ4n) is 4.85. The third-order valence-corrected chi connectivity index (χ3v) is 6.79. The second-order valence-electron chi connectivity index (χ2n) is 10.9. The van der Waals surface area contributed by atoms with Crippen LogP contribution >= 0.6 is 17.0 Å². The van der Waals surface area contributed by atoms with E-state index in [1.165, 1.54) is 0 Å². The lowest BCUT2D eigenvalue weighted by atomic mass is 9.82. The molecule has 1 atom stereocenters. The summed E-state index contributed by atoms with van der Waals surface area (Å²) in [6.45, 7) is 8.18. The molecule has 0 fully saturated rings. The van der Waals surface area contributed by atoms with E-state index in [1.54, 1.807) is 17.0 Å². The van der Waals surface area contributed by atoms with Gasteiger partial charge in [0.25, 0.3) is 0 Å². The largest absolute Gasteiger partial charge is 0.507 e. The van der Waals surface area contributed by atoms with Crippen LogP contribution in [0.25, 0.3) is 0 Å². The Morgan fingerprint density at radius 1 is 1.10 bits per heavy atom. The van der Waals surface area contributed by atoms with Crippen molar-refractivity contribution < 1.29 is 19.8 Å². The minimum atomic E-state index is -1.15. The van der Waals surface area contributed by atoms with Gasteiger partial charge in [-0.15, -0.1) is 17.0 Å². The lowest BCUT2D eigenvalue weighted by Crippen LogP contribution is -2.37. The van der Waals surface area contributed by atoms with Crippen molar-refractivity contribution in [1.29, 1.82) is 5.41 Å². The molecule has 1 aliphatic heterocycles. The Morgan fingerprint density at radius 2 is 1.79 bits per heavy atom. The molecule has 9 heteroatoms. The molecule has 0 saturated heterocycles. The normalized spacial score (nSPS) is 13.4. The average Bonchev–Trinajstić information content (AvgIpc) is 3.14. The van der Waals surface area contributed by atoms with Gasteiger partial charge in [0.2, 0.25) is 0 Å². The number of amidine groups is 1. The Labute approximate surface area is 239 Å². The van der Waals surface area contributed by atoms with Crippen LogP contribution in [0.15, 0.2) is 54.6 Å². The Morgan fingerprint density at radius 3 is 2.44 bits per heavy atom. The van der Waals surface area contributed by atoms with E-state index in [0.717, 1.165) is 16.8 Å². The molecule has 39 heavy (non-hydrogen) atoms. The molecule has 3 aromatic rings. The van der Waals surface area contributed by atoms with Gasteiger partial charge < -0.3 is 20.4 Å². The van der Waals surface area contributed by atoms with Gasteiger partial charge in [0.05, 0.1) is 6.54 Å². The van der Waals surface area contributed by atoms with E-state index < -0.39 is 17.6 Å². The Hall–Kier alpha value is -3.72. The monoisotopic (exact) mass is 594 g/mol. The summed E-state index contributed by atoms with van der Waals surface area (Å²) in [6.07, 6.45) is -0.499. The third kappa shape index (κ3) is 7.03. The summed E-state index contributed by atoms with van der Waals surface area (Å²) in [7, 11) is 0. The van der Waals surface area contributed by atoms with Crippen LogP contribution in [-0.2, 0) is 24.8 Å². The summed E-state index contributed by atoms with van der Waals surface area (Å²) < 4.78 is 0. The van der Waals surface area contributed by atoms with Gasteiger partial charge in [0.15, 0.2) is 5.78 Å². The number of carbonyl (C=O) groups excluding carboxylic acids is 1. The predicted octanol–water partition coefficient (Wildman–Crippen LogP) is 5.42. The van der Waals surface area contributed by atoms with Crippen LogP contribution in [0.5, 0.6) is 5.75 Å². The number of benzene rings is 2. The standard InChI is InChI=1S/C30H34N4O4.BrH/c1-18-10-11-20-16-34(28(31)26(20)32-18)17-25(35)21-13-22(27(36)24(15-21)30(2,3)4)14-23(33-29(37)38)12-19-8-6-5-7-9-19;/h5-11,13,15,23,31,33,36H,12,14,16-17H2,1-4H3,(H,37,38);1H. The number of aromatic nitrogens is 1. The van der Waals surface area contributed by atoms with Gasteiger partial charge in [-0.1, -0.05) is 57.2 Å². The van der Waals surface area contributed by atoms with E-state index in [4.69, 9.17) is 5.41 Å². The molecule has 1 aromatic heterocycles. The molecular weight excluding hydrogens is 560 g/mol. The minimum absolute atomic E-state index is 0. The Kier molecular flexibility index (Phi) is 9.17. The van der Waals surface area contributed by atoms with Crippen LogP contribution in [0.2, 0.25) is 0 Å². The maximum absolute atomic E-state index is 13.5. The van der Waals surface area contributed by atoms with Gasteiger partial charge in [0.1, 0.15) is 17.3 Å². The number of amides is 1. The first kappa shape index (κ1) is 29.8. The van der Waals surface area contributed by atoms with Crippen LogP contribution in [0, 0.1) is 12.3 Å². The zero-order valence-corrected chi connectivity index (χ0v) is 24.3. The lowest BCUT2D eigenvalue weighted by Gasteiger charge is -2.25. The second-order valence-corrected chi connectivity index (χ2v) is 10.9. The number of ketones is 1. The molecule has 2 aromatic carbocycles. The first-order chi connectivity index (χ1) is 17.9. The van der Waals surface area contributed by atoms with Crippen LogP contribution in [-0.4, -0.2) is 50.4 Å². The summed E-state index contributed by atoms with van der Waals surface area (Å²) in [5.41, 5.74) is 4.38. The maximum atomic E-state index is 13.5. The van der Waals surface area contributed by atoms with Gasteiger partial charge in [-0.25, -0.2) is 9.78 Å². The molecule has 1 aliphatic rings. The number of rotatable bonds is 8. The fourth-order valence-corrected chi connectivity index (χ4v) is 4.85. The number of fused-ring (bicyclic) bond motifs is 1. The number of phenols is 1. The number of pyridine rings is 1. The molecule has 0 bridgehead atoms. The fraction of sp³-hybridized carbons (Fsp3) is 0.333. The molecule has 0 radical (unpaired) electrons. The van der Waals surface area contributed by atoms with E-state index in [9.17, 15) is 19.8 Å². The number of halogens is 1. The zero-order valence-electron chi connectivity index (χ0n) is 22.6. The average molecular weight is 596 g/mol. The highest BCUT2D eigenvalue weighted by atomic mass is 79.9. The van der Waals surface area contributed by atoms with Crippen molar-refractivity contribution in [2.75, 3.05) is 6.54 Å². The molecule has 4 rings (SSSR count). The van der Waals surface area contributed by atoms with Crippen LogP contribution in [0.1, 0.15) is 64.8 Å². The number of hydrogen-bond donors (Lipinski definition) is 4. The topological polar surface area (TPSA) is 127 Å². The predicted molar refractivity (Wildman–Crippen MR) is 156 cm³/mol. The summed E-state index contributed by atoms with van der Waals surface area (Å²) in [4.78, 5) is 31.2. The number of aryl methyl sites for hydroxylation is 1. The first-order valence-corrected chi connectivity index (χ1v) is 12.7. The number of aromatic hydroxyl groups is 1. The number of Topliss-reactive ketones (excluding diaryl/α,β-unsaturated/α-hetero) is 1. The van der Waals surface area contributed by atoms with E-state index in [0.29, 0.717) is 35.3 Å². The third-order valence-electron chi connectivity index (χ3n) is 6.79. The van der Waals surface area contributed by atoms with Gasteiger partial charge in [-0.05, 0) is 54.5 Å². The van der Waals surface area contributed by atoms with Crippen LogP contribution in [0.3, 0.4) is 0 Å². The Bertz CT molecular complexity index is 1390. The number of nitrogens with one attached hydrogen (secondary N) is 2. The van der Waals surface area contributed by atoms with E-state index in [-0.39, 0.29) is 47.3 Å². The summed E-state index contributed by atoms with van der Waals surface area (Å²) in [5, 5.41) is 31.8.